The fourth-order valence-corrected chi connectivity index (χ4v) is 2.70. The molecule has 2 amide bonds. The molecular weight excluding hydrogens is 413 g/mol. The smallest absolute Gasteiger partial charge is 0.271 e. The van der Waals surface area contributed by atoms with Crippen LogP contribution in [0, 0.1) is 5.82 Å². The van der Waals surface area contributed by atoms with Gasteiger partial charge in [-0.2, -0.15) is 5.10 Å². The highest BCUT2D eigenvalue weighted by Crippen LogP contribution is 2.28. The van der Waals surface area contributed by atoms with Crippen LogP contribution in [0.4, 0.5) is 10.1 Å². The third kappa shape index (κ3) is 6.40. The Morgan fingerprint density at radius 1 is 0.969 bits per heavy atom. The van der Waals surface area contributed by atoms with E-state index in [4.69, 9.17) is 9.47 Å². The van der Waals surface area contributed by atoms with Crippen LogP contribution in [-0.4, -0.2) is 31.2 Å². The average Bonchev–Trinajstić information content (AvgIpc) is 2.81. The molecule has 0 fully saturated rings. The number of hydrogen-bond donors (Lipinski definition) is 2. The first-order valence-electron chi connectivity index (χ1n) is 9.89. The fourth-order valence-electron chi connectivity index (χ4n) is 2.70. The molecule has 3 aromatic rings. The van der Waals surface area contributed by atoms with E-state index in [9.17, 15) is 14.0 Å². The molecular formula is C24H22FN3O4. The highest BCUT2D eigenvalue weighted by Gasteiger charge is 2.11. The third-order valence-corrected chi connectivity index (χ3v) is 4.19. The number of para-hydroxylation sites is 1. The Hall–Kier alpha value is -4.20. The first-order valence-corrected chi connectivity index (χ1v) is 9.89. The molecule has 0 saturated carbocycles. The van der Waals surface area contributed by atoms with E-state index in [1.807, 2.05) is 13.0 Å². The number of nitrogens with one attached hydrogen (secondary N) is 2. The van der Waals surface area contributed by atoms with Gasteiger partial charge in [-0.1, -0.05) is 30.3 Å². The molecule has 2 N–H and O–H groups in total. The summed E-state index contributed by atoms with van der Waals surface area (Å²) >= 11 is 0. The van der Waals surface area contributed by atoms with Crippen LogP contribution in [-0.2, 0) is 4.79 Å². The van der Waals surface area contributed by atoms with Crippen molar-refractivity contribution in [1.29, 1.82) is 0 Å². The lowest BCUT2D eigenvalue weighted by molar-refractivity contribution is -0.118. The fraction of sp³-hybridized carbons (Fsp3) is 0.125. The number of amides is 2. The number of hydrazone groups is 1. The van der Waals surface area contributed by atoms with Gasteiger partial charge < -0.3 is 14.8 Å². The standard InChI is InChI=1S/C24H22FN3O4/c1-2-31-22-14-17(15-26-28-24(30)18-8-4-3-5-9-18)12-13-21(22)32-16-23(29)27-20-11-7-6-10-19(20)25/h3-15H,2,16H2,1H3,(H,27,29)(H,28,30)/b26-15+. The second kappa shape index (κ2) is 11.3. The Labute approximate surface area is 184 Å². The zero-order valence-electron chi connectivity index (χ0n) is 17.4. The summed E-state index contributed by atoms with van der Waals surface area (Å²) in [5.41, 5.74) is 3.69. The zero-order chi connectivity index (χ0) is 22.8. The largest absolute Gasteiger partial charge is 0.490 e. The number of carbonyl (C=O) groups excluding carboxylic acids is 2. The van der Waals surface area contributed by atoms with Crippen LogP contribution in [0.15, 0.2) is 77.9 Å². The summed E-state index contributed by atoms with van der Waals surface area (Å²) in [5, 5.41) is 6.41. The number of halogens is 1. The zero-order valence-corrected chi connectivity index (χ0v) is 17.4. The van der Waals surface area contributed by atoms with Crippen molar-refractivity contribution in [1.82, 2.24) is 5.43 Å². The van der Waals surface area contributed by atoms with Crippen molar-refractivity contribution in [2.75, 3.05) is 18.5 Å². The van der Waals surface area contributed by atoms with Crippen LogP contribution in [0.25, 0.3) is 0 Å². The van der Waals surface area contributed by atoms with Crippen LogP contribution >= 0.6 is 0 Å². The van der Waals surface area contributed by atoms with E-state index in [0.717, 1.165) is 0 Å². The van der Waals surface area contributed by atoms with Gasteiger partial charge in [0.15, 0.2) is 18.1 Å². The lowest BCUT2D eigenvalue weighted by Crippen LogP contribution is -2.21. The van der Waals surface area contributed by atoms with Crippen molar-refractivity contribution in [3.63, 3.8) is 0 Å². The van der Waals surface area contributed by atoms with Crippen LogP contribution in [0.2, 0.25) is 0 Å². The summed E-state index contributed by atoms with van der Waals surface area (Å²) in [6, 6.07) is 19.6. The Balaban J connectivity index is 1.60. The highest BCUT2D eigenvalue weighted by molar-refractivity contribution is 5.95. The molecule has 0 aliphatic rings. The summed E-state index contributed by atoms with van der Waals surface area (Å²) in [5.74, 6) is -0.608. The number of benzene rings is 3. The topological polar surface area (TPSA) is 89.0 Å². The first kappa shape index (κ1) is 22.5. The molecule has 164 valence electrons. The molecule has 0 heterocycles. The van der Waals surface area contributed by atoms with Gasteiger partial charge in [0, 0.05) is 5.56 Å². The number of hydrogen-bond acceptors (Lipinski definition) is 5. The summed E-state index contributed by atoms with van der Waals surface area (Å²) in [4.78, 5) is 24.1. The minimum absolute atomic E-state index is 0.0789. The molecule has 7 nitrogen and oxygen atoms in total. The summed E-state index contributed by atoms with van der Waals surface area (Å²) in [7, 11) is 0. The first-order chi connectivity index (χ1) is 15.6. The number of carbonyl (C=O) groups is 2. The maximum absolute atomic E-state index is 13.7. The molecule has 0 bridgehead atoms. The average molecular weight is 435 g/mol. The van der Waals surface area contributed by atoms with Gasteiger partial charge in [-0.05, 0) is 55.0 Å². The third-order valence-electron chi connectivity index (χ3n) is 4.19. The van der Waals surface area contributed by atoms with E-state index in [0.29, 0.717) is 29.2 Å². The lowest BCUT2D eigenvalue weighted by Gasteiger charge is -2.13. The van der Waals surface area contributed by atoms with Crippen molar-refractivity contribution in [2.24, 2.45) is 5.10 Å². The van der Waals surface area contributed by atoms with E-state index < -0.39 is 11.7 Å². The van der Waals surface area contributed by atoms with Gasteiger partial charge >= 0.3 is 0 Å². The second-order valence-electron chi connectivity index (χ2n) is 6.52. The molecule has 32 heavy (non-hydrogen) atoms. The van der Waals surface area contributed by atoms with Crippen molar-refractivity contribution < 1.29 is 23.5 Å². The molecule has 8 heteroatoms. The Morgan fingerprint density at radius 3 is 2.47 bits per heavy atom. The summed E-state index contributed by atoms with van der Waals surface area (Å²) in [6.45, 7) is 1.87. The van der Waals surface area contributed by atoms with E-state index >= 15 is 0 Å². The van der Waals surface area contributed by atoms with Gasteiger partial charge in [-0.15, -0.1) is 0 Å². The maximum Gasteiger partial charge on any atom is 0.271 e. The predicted molar refractivity (Wildman–Crippen MR) is 120 cm³/mol. The van der Waals surface area contributed by atoms with E-state index in [1.165, 1.54) is 24.4 Å². The Morgan fingerprint density at radius 2 is 1.72 bits per heavy atom. The van der Waals surface area contributed by atoms with Crippen LogP contribution in [0.5, 0.6) is 11.5 Å². The molecule has 0 spiro atoms. The van der Waals surface area contributed by atoms with Crippen molar-refractivity contribution >= 4 is 23.7 Å². The van der Waals surface area contributed by atoms with Crippen LogP contribution in [0.3, 0.4) is 0 Å². The number of rotatable bonds is 9. The van der Waals surface area contributed by atoms with E-state index in [-0.39, 0.29) is 18.2 Å². The molecule has 0 aliphatic heterocycles. The summed E-state index contributed by atoms with van der Waals surface area (Å²) in [6.07, 6.45) is 1.47. The highest BCUT2D eigenvalue weighted by atomic mass is 19.1. The predicted octanol–water partition coefficient (Wildman–Crippen LogP) is 4.01. The summed E-state index contributed by atoms with van der Waals surface area (Å²) < 4.78 is 24.8. The number of anilines is 1. The van der Waals surface area contributed by atoms with E-state index in [2.05, 4.69) is 15.8 Å². The van der Waals surface area contributed by atoms with Crippen molar-refractivity contribution in [2.45, 2.75) is 6.92 Å². The molecule has 0 atom stereocenters. The Kier molecular flexibility index (Phi) is 7.91. The second-order valence-corrected chi connectivity index (χ2v) is 6.52. The lowest BCUT2D eigenvalue weighted by atomic mass is 10.2. The van der Waals surface area contributed by atoms with Gasteiger partial charge in [0.2, 0.25) is 0 Å². The minimum Gasteiger partial charge on any atom is -0.490 e. The molecule has 0 aliphatic carbocycles. The van der Waals surface area contributed by atoms with Gasteiger partial charge in [0.05, 0.1) is 18.5 Å². The van der Waals surface area contributed by atoms with Crippen molar-refractivity contribution in [3.8, 4) is 11.5 Å². The molecule has 0 unspecified atom stereocenters. The molecule has 3 aromatic carbocycles. The maximum atomic E-state index is 13.7. The quantitative estimate of drug-likeness (QED) is 0.393. The minimum atomic E-state index is -0.529. The van der Waals surface area contributed by atoms with Gasteiger partial charge in [0.25, 0.3) is 11.8 Å². The molecule has 0 radical (unpaired) electrons. The van der Waals surface area contributed by atoms with Gasteiger partial charge in [-0.3, -0.25) is 9.59 Å². The van der Waals surface area contributed by atoms with Gasteiger partial charge in [0.1, 0.15) is 5.82 Å². The SMILES string of the molecule is CCOc1cc(/C=N/NC(=O)c2ccccc2)ccc1OCC(=O)Nc1ccccc1F. The van der Waals surface area contributed by atoms with Crippen LogP contribution in [0.1, 0.15) is 22.8 Å². The van der Waals surface area contributed by atoms with Gasteiger partial charge in [-0.25, -0.2) is 9.82 Å². The number of ether oxygens (including phenoxy) is 2. The molecule has 0 saturated heterocycles. The molecule has 3 rings (SSSR count). The monoisotopic (exact) mass is 435 g/mol. The van der Waals surface area contributed by atoms with Crippen molar-refractivity contribution in [3.05, 3.63) is 89.7 Å². The van der Waals surface area contributed by atoms with Crippen LogP contribution < -0.4 is 20.2 Å². The Bertz CT molecular complexity index is 1100. The normalized spacial score (nSPS) is 10.6. The van der Waals surface area contributed by atoms with E-state index in [1.54, 1.807) is 48.5 Å². The number of nitrogens with zero attached hydrogens (tertiary/aromatic N) is 1. The molecule has 0 aromatic heterocycles.